The molecule has 104 valence electrons. The fourth-order valence-electron chi connectivity index (χ4n) is 1.80. The van der Waals surface area contributed by atoms with Crippen LogP contribution in [0.1, 0.15) is 18.5 Å². The predicted octanol–water partition coefficient (Wildman–Crippen LogP) is 3.14. The minimum atomic E-state index is 0.114. The molecule has 0 aliphatic heterocycles. The van der Waals surface area contributed by atoms with E-state index in [9.17, 15) is 0 Å². The molecule has 0 radical (unpaired) electrons. The van der Waals surface area contributed by atoms with Crippen molar-refractivity contribution in [1.29, 1.82) is 0 Å². The molecule has 0 fully saturated rings. The Kier molecular flexibility index (Phi) is 4.90. The molecule has 0 aliphatic rings. The van der Waals surface area contributed by atoms with Crippen molar-refractivity contribution in [3.63, 3.8) is 0 Å². The standard InChI is InChI=1S/C15H17N3OS/c1-11(12-6-8-16-9-7-12)17-15(20)18-13-4-3-5-14(10-13)19-2/h3-11H,1-2H3,(H2,17,18,20). The monoisotopic (exact) mass is 287 g/mol. The molecule has 2 N–H and O–H groups in total. The summed E-state index contributed by atoms with van der Waals surface area (Å²) in [5.41, 5.74) is 2.03. The number of ether oxygens (including phenoxy) is 1. The van der Waals surface area contributed by atoms with Gasteiger partial charge in [0.15, 0.2) is 5.11 Å². The number of nitrogens with zero attached hydrogens (tertiary/aromatic N) is 1. The molecule has 1 aromatic carbocycles. The molecular formula is C15H17N3OS. The van der Waals surface area contributed by atoms with Gasteiger partial charge < -0.3 is 15.4 Å². The van der Waals surface area contributed by atoms with Gasteiger partial charge in [-0.05, 0) is 49.0 Å². The normalized spacial score (nSPS) is 11.5. The number of methoxy groups -OCH3 is 1. The van der Waals surface area contributed by atoms with Gasteiger partial charge in [0.2, 0.25) is 0 Å². The van der Waals surface area contributed by atoms with Crippen LogP contribution in [0.2, 0.25) is 0 Å². The van der Waals surface area contributed by atoms with Crippen LogP contribution in [0, 0.1) is 0 Å². The minimum Gasteiger partial charge on any atom is -0.497 e. The maximum Gasteiger partial charge on any atom is 0.171 e. The average molecular weight is 287 g/mol. The molecule has 0 saturated carbocycles. The number of nitrogens with one attached hydrogen (secondary N) is 2. The van der Waals surface area contributed by atoms with Crippen LogP contribution in [-0.4, -0.2) is 17.2 Å². The Morgan fingerprint density at radius 2 is 2.00 bits per heavy atom. The summed E-state index contributed by atoms with van der Waals surface area (Å²) in [7, 11) is 1.64. The number of pyridine rings is 1. The molecule has 1 aromatic heterocycles. The van der Waals surface area contributed by atoms with Crippen molar-refractivity contribution in [1.82, 2.24) is 10.3 Å². The first-order valence-corrected chi connectivity index (χ1v) is 6.71. The van der Waals surface area contributed by atoms with E-state index in [0.717, 1.165) is 17.0 Å². The maximum atomic E-state index is 5.31. The molecule has 4 nitrogen and oxygen atoms in total. The first-order valence-electron chi connectivity index (χ1n) is 6.30. The maximum absolute atomic E-state index is 5.31. The highest BCUT2D eigenvalue weighted by Gasteiger charge is 2.06. The molecule has 5 heteroatoms. The van der Waals surface area contributed by atoms with Gasteiger partial charge in [-0.15, -0.1) is 0 Å². The smallest absolute Gasteiger partial charge is 0.171 e. The molecule has 1 heterocycles. The van der Waals surface area contributed by atoms with Crippen LogP contribution in [0.25, 0.3) is 0 Å². The molecule has 0 saturated heterocycles. The lowest BCUT2D eigenvalue weighted by molar-refractivity contribution is 0.415. The number of hydrogen-bond donors (Lipinski definition) is 2. The van der Waals surface area contributed by atoms with Crippen molar-refractivity contribution in [2.75, 3.05) is 12.4 Å². The first kappa shape index (κ1) is 14.3. The third-order valence-corrected chi connectivity index (χ3v) is 3.10. The molecule has 1 unspecified atom stereocenters. The van der Waals surface area contributed by atoms with Crippen molar-refractivity contribution in [2.24, 2.45) is 0 Å². The highest BCUT2D eigenvalue weighted by molar-refractivity contribution is 7.80. The van der Waals surface area contributed by atoms with E-state index in [2.05, 4.69) is 22.5 Å². The molecule has 2 rings (SSSR count). The summed E-state index contributed by atoms with van der Waals surface area (Å²) in [5, 5.41) is 6.95. The molecule has 2 aromatic rings. The van der Waals surface area contributed by atoms with Gasteiger partial charge in [0.1, 0.15) is 5.75 Å². The third kappa shape index (κ3) is 3.93. The summed E-state index contributed by atoms with van der Waals surface area (Å²) in [6, 6.07) is 11.7. The summed E-state index contributed by atoms with van der Waals surface area (Å²) in [6.45, 7) is 2.05. The van der Waals surface area contributed by atoms with Crippen LogP contribution in [-0.2, 0) is 0 Å². The summed E-state index contributed by atoms with van der Waals surface area (Å²) < 4.78 is 5.18. The minimum absolute atomic E-state index is 0.114. The van der Waals surface area contributed by atoms with Gasteiger partial charge >= 0.3 is 0 Å². The second-order valence-electron chi connectivity index (χ2n) is 4.33. The lowest BCUT2D eigenvalue weighted by atomic mass is 10.1. The Bertz CT molecular complexity index is 574. The fraction of sp³-hybridized carbons (Fsp3) is 0.200. The van der Waals surface area contributed by atoms with Crippen molar-refractivity contribution >= 4 is 23.0 Å². The van der Waals surface area contributed by atoms with Gasteiger partial charge in [-0.2, -0.15) is 0 Å². The van der Waals surface area contributed by atoms with E-state index in [4.69, 9.17) is 17.0 Å². The summed E-state index contributed by atoms with van der Waals surface area (Å²) in [5.74, 6) is 0.792. The highest BCUT2D eigenvalue weighted by atomic mass is 32.1. The van der Waals surface area contributed by atoms with Gasteiger partial charge in [0.25, 0.3) is 0 Å². The summed E-state index contributed by atoms with van der Waals surface area (Å²) in [4.78, 5) is 4.00. The molecule has 0 amide bonds. The van der Waals surface area contributed by atoms with Crippen molar-refractivity contribution in [3.05, 3.63) is 54.4 Å². The van der Waals surface area contributed by atoms with Crippen LogP contribution in [0.3, 0.4) is 0 Å². The molecule has 1 atom stereocenters. The zero-order valence-electron chi connectivity index (χ0n) is 11.5. The van der Waals surface area contributed by atoms with E-state index in [1.807, 2.05) is 36.4 Å². The van der Waals surface area contributed by atoms with E-state index < -0.39 is 0 Å². The first-order chi connectivity index (χ1) is 9.69. The molecular weight excluding hydrogens is 270 g/mol. The quantitative estimate of drug-likeness (QED) is 0.846. The lowest BCUT2D eigenvalue weighted by Gasteiger charge is -2.17. The number of thiocarbonyl (C=S) groups is 1. The molecule has 0 aliphatic carbocycles. The number of hydrogen-bond acceptors (Lipinski definition) is 3. The summed E-state index contributed by atoms with van der Waals surface area (Å²) >= 11 is 5.31. The Hall–Kier alpha value is -2.14. The van der Waals surface area contributed by atoms with Crippen molar-refractivity contribution < 1.29 is 4.74 Å². The zero-order chi connectivity index (χ0) is 14.4. The Balaban J connectivity index is 1.95. The fourth-order valence-corrected chi connectivity index (χ4v) is 2.09. The molecule has 0 bridgehead atoms. The van der Waals surface area contributed by atoms with Crippen LogP contribution in [0.4, 0.5) is 5.69 Å². The number of anilines is 1. The van der Waals surface area contributed by atoms with Crippen LogP contribution < -0.4 is 15.4 Å². The SMILES string of the molecule is COc1cccc(NC(=S)NC(C)c2ccncc2)c1. The highest BCUT2D eigenvalue weighted by Crippen LogP contribution is 2.17. The van der Waals surface area contributed by atoms with E-state index in [0.29, 0.717) is 5.11 Å². The Labute approximate surface area is 124 Å². The number of aromatic nitrogens is 1. The average Bonchev–Trinajstić information content (AvgIpc) is 2.48. The van der Waals surface area contributed by atoms with Crippen molar-refractivity contribution in [3.8, 4) is 5.75 Å². The molecule has 0 spiro atoms. The van der Waals surface area contributed by atoms with Crippen LogP contribution >= 0.6 is 12.2 Å². The third-order valence-electron chi connectivity index (χ3n) is 2.88. The second-order valence-corrected chi connectivity index (χ2v) is 4.74. The molecule has 20 heavy (non-hydrogen) atoms. The van der Waals surface area contributed by atoms with E-state index >= 15 is 0 Å². The van der Waals surface area contributed by atoms with E-state index in [-0.39, 0.29) is 6.04 Å². The van der Waals surface area contributed by atoms with E-state index in [1.54, 1.807) is 19.5 Å². The largest absolute Gasteiger partial charge is 0.497 e. The number of benzene rings is 1. The van der Waals surface area contributed by atoms with Crippen LogP contribution in [0.15, 0.2) is 48.8 Å². The van der Waals surface area contributed by atoms with E-state index in [1.165, 1.54) is 0 Å². The van der Waals surface area contributed by atoms with Gasteiger partial charge in [0, 0.05) is 24.1 Å². The van der Waals surface area contributed by atoms with Crippen molar-refractivity contribution in [2.45, 2.75) is 13.0 Å². The number of rotatable bonds is 4. The van der Waals surface area contributed by atoms with Gasteiger partial charge in [-0.25, -0.2) is 0 Å². The van der Waals surface area contributed by atoms with Crippen LogP contribution in [0.5, 0.6) is 5.75 Å². The van der Waals surface area contributed by atoms with Gasteiger partial charge in [0.05, 0.1) is 13.2 Å². The topological polar surface area (TPSA) is 46.2 Å². The Morgan fingerprint density at radius 3 is 2.70 bits per heavy atom. The summed E-state index contributed by atoms with van der Waals surface area (Å²) in [6.07, 6.45) is 3.54. The predicted molar refractivity (Wildman–Crippen MR) is 85.0 cm³/mol. The van der Waals surface area contributed by atoms with Gasteiger partial charge in [-0.3, -0.25) is 4.98 Å². The lowest BCUT2D eigenvalue weighted by Crippen LogP contribution is -2.30. The Morgan fingerprint density at radius 1 is 1.25 bits per heavy atom. The zero-order valence-corrected chi connectivity index (χ0v) is 12.3. The second kappa shape index (κ2) is 6.86. The van der Waals surface area contributed by atoms with Gasteiger partial charge in [-0.1, -0.05) is 6.07 Å².